The molecule has 1 N–H and O–H groups in total. The van der Waals surface area contributed by atoms with Crippen molar-refractivity contribution in [2.45, 2.75) is 65.2 Å². The first kappa shape index (κ1) is 12.7. The van der Waals surface area contributed by atoms with Crippen molar-refractivity contribution in [3.63, 3.8) is 0 Å². The lowest BCUT2D eigenvalue weighted by Crippen LogP contribution is -1.94. The predicted octanol–water partition coefficient (Wildman–Crippen LogP) is 4.46. The Kier molecular flexibility index (Phi) is 6.67. The van der Waals surface area contributed by atoms with Gasteiger partial charge in [-0.25, -0.2) is 4.75 Å². The minimum atomic E-state index is 1.05. The van der Waals surface area contributed by atoms with Crippen LogP contribution in [0.2, 0.25) is 0 Å². The van der Waals surface area contributed by atoms with Crippen LogP contribution in [0.1, 0.15) is 63.8 Å². The quantitative estimate of drug-likeness (QED) is 0.651. The highest BCUT2D eigenvalue weighted by atomic mass is 31.1. The molecule has 0 amide bonds. The third kappa shape index (κ3) is 4.79. The molecule has 0 bridgehead atoms. The molecule has 0 fully saturated rings. The van der Waals surface area contributed by atoms with Gasteiger partial charge in [-0.3, -0.25) is 0 Å². The Morgan fingerprint density at radius 2 is 1.67 bits per heavy atom. The predicted molar refractivity (Wildman–Crippen MR) is 67.6 cm³/mol. The van der Waals surface area contributed by atoms with E-state index in [0.29, 0.717) is 0 Å². The molecule has 0 aliphatic heterocycles. The Balaban J connectivity index is 2.32. The molecule has 1 aromatic rings. The number of H-pyrrole nitrogens is 1. The summed E-state index contributed by atoms with van der Waals surface area (Å²) in [7, 11) is 1.05. The van der Waals surface area contributed by atoms with Gasteiger partial charge in [-0.2, -0.15) is 0 Å². The number of unbranched alkanes of at least 4 members (excludes halogenated alkanes) is 4. The van der Waals surface area contributed by atoms with Gasteiger partial charge in [0.15, 0.2) is 0 Å². The fourth-order valence-electron chi connectivity index (χ4n) is 1.77. The molecule has 0 saturated heterocycles. The molecule has 15 heavy (non-hydrogen) atoms. The zero-order valence-corrected chi connectivity index (χ0v) is 10.9. The number of hydrogen-bond acceptors (Lipinski definition) is 1. The third-order valence-electron chi connectivity index (χ3n) is 2.75. The van der Waals surface area contributed by atoms with E-state index in [1.807, 2.05) is 0 Å². The van der Waals surface area contributed by atoms with Crippen LogP contribution >= 0.6 is 8.51 Å². The molecule has 0 aromatic carbocycles. The zero-order valence-electron chi connectivity index (χ0n) is 10.1. The smallest absolute Gasteiger partial charge is 0.129 e. The van der Waals surface area contributed by atoms with Gasteiger partial charge in [-0.15, -0.1) is 0 Å². The van der Waals surface area contributed by atoms with Crippen LogP contribution in [0.3, 0.4) is 0 Å². The lowest BCUT2D eigenvalue weighted by Gasteiger charge is -2.01. The molecule has 0 aliphatic carbocycles. The van der Waals surface area contributed by atoms with E-state index in [2.05, 4.69) is 23.3 Å². The van der Waals surface area contributed by atoms with Gasteiger partial charge in [0.25, 0.3) is 0 Å². The van der Waals surface area contributed by atoms with Crippen molar-refractivity contribution in [2.24, 2.45) is 0 Å². The molecular formula is C12H23N2P. The maximum atomic E-state index is 4.51. The number of rotatable bonds is 8. The first-order valence-electron chi connectivity index (χ1n) is 6.27. The van der Waals surface area contributed by atoms with Crippen LogP contribution in [-0.4, -0.2) is 9.49 Å². The minimum absolute atomic E-state index is 1.05. The summed E-state index contributed by atoms with van der Waals surface area (Å²) >= 11 is 0. The summed E-state index contributed by atoms with van der Waals surface area (Å²) in [5, 5.41) is 0. The number of aryl methyl sites for hydroxylation is 2. The second-order valence-corrected chi connectivity index (χ2v) is 4.77. The highest BCUT2D eigenvalue weighted by molar-refractivity contribution is 7.20. The van der Waals surface area contributed by atoms with Crippen molar-refractivity contribution >= 4 is 8.51 Å². The van der Waals surface area contributed by atoms with Crippen LogP contribution in [0.25, 0.3) is 0 Å². The lowest BCUT2D eigenvalue weighted by molar-refractivity contribution is 0.683. The van der Waals surface area contributed by atoms with E-state index in [0.717, 1.165) is 8.51 Å². The zero-order chi connectivity index (χ0) is 10.9. The lowest BCUT2D eigenvalue weighted by atomic mass is 10.1. The summed E-state index contributed by atoms with van der Waals surface area (Å²) in [6, 6.07) is 0. The highest BCUT2D eigenvalue weighted by Crippen LogP contribution is 2.15. The SMILES string of the molecule is CCCCCc1np[nH]c1CCCCC. The summed E-state index contributed by atoms with van der Waals surface area (Å²) < 4.78 is 7.89. The fourth-order valence-corrected chi connectivity index (χ4v) is 2.52. The second-order valence-electron chi connectivity index (χ2n) is 4.15. The van der Waals surface area contributed by atoms with Crippen LogP contribution in [0.15, 0.2) is 0 Å². The van der Waals surface area contributed by atoms with E-state index < -0.39 is 0 Å². The summed E-state index contributed by atoms with van der Waals surface area (Å²) in [5.41, 5.74) is 2.77. The first-order valence-corrected chi connectivity index (χ1v) is 7.12. The molecule has 86 valence electrons. The molecule has 1 aromatic heterocycles. The number of aromatic amines is 1. The molecule has 0 spiro atoms. The molecule has 0 aliphatic rings. The van der Waals surface area contributed by atoms with E-state index in [1.165, 1.54) is 62.8 Å². The van der Waals surface area contributed by atoms with Gasteiger partial charge in [0, 0.05) is 5.69 Å². The van der Waals surface area contributed by atoms with Crippen LogP contribution in [0.5, 0.6) is 0 Å². The van der Waals surface area contributed by atoms with Crippen molar-refractivity contribution in [1.29, 1.82) is 0 Å². The standard InChI is InChI=1S/C12H23N2P/c1-3-5-7-9-11-12(14-15-13-11)10-8-6-4-2/h3-10H2,1-2H3,(H,13,14). The van der Waals surface area contributed by atoms with E-state index in [-0.39, 0.29) is 0 Å². The Morgan fingerprint density at radius 1 is 1.00 bits per heavy atom. The van der Waals surface area contributed by atoms with Gasteiger partial charge in [0.2, 0.25) is 0 Å². The number of hydrogen-bond donors (Lipinski definition) is 1. The molecule has 2 nitrogen and oxygen atoms in total. The van der Waals surface area contributed by atoms with Gasteiger partial charge >= 0.3 is 0 Å². The average molecular weight is 226 g/mol. The largest absolute Gasteiger partial charge is 0.325 e. The van der Waals surface area contributed by atoms with Crippen molar-refractivity contribution in [1.82, 2.24) is 9.49 Å². The van der Waals surface area contributed by atoms with Gasteiger partial charge in [-0.05, 0) is 25.7 Å². The van der Waals surface area contributed by atoms with Gasteiger partial charge in [0.1, 0.15) is 8.51 Å². The van der Waals surface area contributed by atoms with E-state index >= 15 is 0 Å². The van der Waals surface area contributed by atoms with Crippen molar-refractivity contribution in [2.75, 3.05) is 0 Å². The Morgan fingerprint density at radius 3 is 2.33 bits per heavy atom. The van der Waals surface area contributed by atoms with E-state index in [1.54, 1.807) is 0 Å². The van der Waals surface area contributed by atoms with Crippen molar-refractivity contribution in [3.8, 4) is 0 Å². The summed E-state index contributed by atoms with van der Waals surface area (Å²) in [4.78, 5) is 0. The Labute approximate surface area is 95.1 Å². The Bertz CT molecular complexity index is 233. The molecule has 0 unspecified atom stereocenters. The van der Waals surface area contributed by atoms with Crippen LogP contribution < -0.4 is 0 Å². The molecule has 1 rings (SSSR count). The molecule has 0 radical (unpaired) electrons. The molecule has 0 atom stereocenters. The monoisotopic (exact) mass is 226 g/mol. The van der Waals surface area contributed by atoms with E-state index in [9.17, 15) is 0 Å². The fraction of sp³-hybridized carbons (Fsp3) is 0.833. The normalized spacial score (nSPS) is 10.8. The average Bonchev–Trinajstić information content (AvgIpc) is 2.67. The van der Waals surface area contributed by atoms with Crippen molar-refractivity contribution < 1.29 is 0 Å². The van der Waals surface area contributed by atoms with Crippen LogP contribution in [0.4, 0.5) is 0 Å². The number of nitrogens with zero attached hydrogens (tertiary/aromatic N) is 1. The van der Waals surface area contributed by atoms with Crippen LogP contribution in [-0.2, 0) is 12.8 Å². The molecular weight excluding hydrogens is 203 g/mol. The minimum Gasteiger partial charge on any atom is -0.325 e. The molecule has 1 heterocycles. The highest BCUT2D eigenvalue weighted by Gasteiger charge is 2.04. The molecule has 0 saturated carbocycles. The number of nitrogens with one attached hydrogen (secondary N) is 1. The van der Waals surface area contributed by atoms with Crippen LogP contribution in [0, 0.1) is 0 Å². The first-order chi connectivity index (χ1) is 7.38. The molecule has 3 heteroatoms. The maximum absolute atomic E-state index is 4.51. The van der Waals surface area contributed by atoms with Gasteiger partial charge in [0.05, 0.1) is 5.69 Å². The topological polar surface area (TPSA) is 28.7 Å². The summed E-state index contributed by atoms with van der Waals surface area (Å²) in [6.07, 6.45) is 10.2. The summed E-state index contributed by atoms with van der Waals surface area (Å²) in [5.74, 6) is 0. The van der Waals surface area contributed by atoms with Gasteiger partial charge < -0.3 is 4.75 Å². The second kappa shape index (κ2) is 7.87. The van der Waals surface area contributed by atoms with Gasteiger partial charge in [-0.1, -0.05) is 39.5 Å². The third-order valence-corrected chi connectivity index (χ3v) is 3.46. The Hall–Kier alpha value is -0.360. The maximum Gasteiger partial charge on any atom is 0.129 e. The summed E-state index contributed by atoms with van der Waals surface area (Å²) in [6.45, 7) is 4.50. The van der Waals surface area contributed by atoms with E-state index in [4.69, 9.17) is 0 Å². The number of aromatic nitrogens is 2. The van der Waals surface area contributed by atoms with Crippen molar-refractivity contribution in [3.05, 3.63) is 11.4 Å².